The Balaban J connectivity index is 1.46. The quantitative estimate of drug-likeness (QED) is 0.157. The van der Waals surface area contributed by atoms with Crippen LogP contribution in [0.25, 0.3) is 0 Å². The van der Waals surface area contributed by atoms with Crippen molar-refractivity contribution in [3.63, 3.8) is 0 Å². The number of Topliss-reactive ketones (excluding diaryl/α,β-unsaturated/α-hetero) is 2. The summed E-state index contributed by atoms with van der Waals surface area (Å²) >= 11 is 0. The largest absolute Gasteiger partial charge is 0.507 e. The van der Waals surface area contributed by atoms with Gasteiger partial charge in [0.05, 0.1) is 11.1 Å². The summed E-state index contributed by atoms with van der Waals surface area (Å²) in [4.78, 5) is 51.4. The Hall–Kier alpha value is -4.08. The molecule has 0 unspecified atom stereocenters. The molecule has 10 nitrogen and oxygen atoms in total. The van der Waals surface area contributed by atoms with E-state index < -0.39 is 22.5 Å². The van der Waals surface area contributed by atoms with Crippen molar-refractivity contribution in [3.05, 3.63) is 33.4 Å². The second kappa shape index (κ2) is 12.6. The van der Waals surface area contributed by atoms with Gasteiger partial charge in [0, 0.05) is 41.2 Å². The number of benzene rings is 2. The Labute approximate surface area is 299 Å². The highest BCUT2D eigenvalue weighted by Gasteiger charge is 2.66. The number of phenolic OH excluding ortho intramolecular Hbond substituents is 4. The van der Waals surface area contributed by atoms with Crippen LogP contribution in [0.15, 0.2) is 0 Å². The van der Waals surface area contributed by atoms with Crippen molar-refractivity contribution in [3.8, 4) is 34.5 Å². The first-order valence-corrected chi connectivity index (χ1v) is 18.3. The number of aldehydes is 2. The van der Waals surface area contributed by atoms with Crippen molar-refractivity contribution >= 4 is 24.1 Å². The van der Waals surface area contributed by atoms with E-state index in [4.69, 9.17) is 9.47 Å². The molecule has 2 saturated carbocycles. The van der Waals surface area contributed by atoms with Gasteiger partial charge in [0.15, 0.2) is 24.1 Å². The molecule has 2 aliphatic heterocycles. The lowest BCUT2D eigenvalue weighted by Gasteiger charge is -2.48. The molecule has 0 amide bonds. The molecule has 51 heavy (non-hydrogen) atoms. The number of ether oxygens (including phenoxy) is 2. The standard InChI is InChI=1S/C41H52O10/c1-19(2)13-27(44)29-34(48)25(18-43)33(47)23-16-40(7)11-9-21-15-22-32(46)24(17-42)35(49)30(28(45)14-20(3)4)37(22)51-41(21,8)12-10-26-31(39(26,5)6)38(40)50-36(23)29/h17-21,26,31,38,46-49H,9-16H2,1-8H3/t21-,26-,31-,38+,40-,41+/m1/s1. The first kappa shape index (κ1) is 36.7. The normalized spacial score (nSPS) is 28.9. The first-order chi connectivity index (χ1) is 23.8. The van der Waals surface area contributed by atoms with Gasteiger partial charge in [0.25, 0.3) is 0 Å². The van der Waals surface area contributed by atoms with E-state index in [-0.39, 0.29) is 111 Å². The minimum absolute atomic E-state index is 0.0112. The van der Waals surface area contributed by atoms with Gasteiger partial charge in [-0.1, -0.05) is 48.5 Å². The first-order valence-electron chi connectivity index (χ1n) is 18.3. The van der Waals surface area contributed by atoms with Crippen LogP contribution in [0.1, 0.15) is 146 Å². The zero-order valence-corrected chi connectivity index (χ0v) is 31.0. The van der Waals surface area contributed by atoms with E-state index in [1.807, 2.05) is 34.6 Å². The Kier molecular flexibility index (Phi) is 9.03. The van der Waals surface area contributed by atoms with Crippen molar-refractivity contribution in [1.29, 1.82) is 0 Å². The zero-order valence-electron chi connectivity index (χ0n) is 31.0. The minimum atomic E-state index is -0.781. The molecule has 2 heterocycles. The predicted molar refractivity (Wildman–Crippen MR) is 190 cm³/mol. The fraction of sp³-hybridized carbons (Fsp3) is 0.610. The molecule has 4 aliphatic rings. The van der Waals surface area contributed by atoms with Crippen molar-refractivity contribution in [2.75, 3.05) is 0 Å². The van der Waals surface area contributed by atoms with Gasteiger partial charge in [0.2, 0.25) is 0 Å². The maximum atomic E-state index is 13.6. The average Bonchev–Trinajstić information content (AvgIpc) is 3.58. The van der Waals surface area contributed by atoms with Crippen LogP contribution in [0.2, 0.25) is 0 Å². The number of aromatic hydroxyl groups is 4. The molecule has 10 heteroatoms. The highest BCUT2D eigenvalue weighted by atomic mass is 16.5. The molecule has 0 saturated heterocycles. The Morgan fingerprint density at radius 3 is 1.82 bits per heavy atom. The smallest absolute Gasteiger partial charge is 0.170 e. The van der Waals surface area contributed by atoms with Crippen LogP contribution >= 0.6 is 0 Å². The Morgan fingerprint density at radius 2 is 1.29 bits per heavy atom. The predicted octanol–water partition coefficient (Wildman–Crippen LogP) is 7.76. The van der Waals surface area contributed by atoms with Crippen LogP contribution in [0.5, 0.6) is 34.5 Å². The fourth-order valence-corrected chi connectivity index (χ4v) is 9.67. The number of rotatable bonds is 8. The number of hydrogen-bond acceptors (Lipinski definition) is 10. The molecule has 2 fully saturated rings. The number of hydrogen-bond donors (Lipinski definition) is 4. The van der Waals surface area contributed by atoms with E-state index in [0.29, 0.717) is 55.8 Å². The number of fused-ring (bicyclic) bond motifs is 6. The van der Waals surface area contributed by atoms with Gasteiger partial charge in [-0.3, -0.25) is 19.2 Å². The van der Waals surface area contributed by atoms with E-state index in [1.165, 1.54) is 0 Å². The third kappa shape index (κ3) is 5.77. The van der Waals surface area contributed by atoms with Gasteiger partial charge in [-0.2, -0.15) is 0 Å². The monoisotopic (exact) mass is 704 g/mol. The third-order valence-corrected chi connectivity index (χ3v) is 12.7. The summed E-state index contributed by atoms with van der Waals surface area (Å²) in [6.07, 6.45) is 3.79. The fourth-order valence-electron chi connectivity index (χ4n) is 9.67. The number of phenols is 4. The molecule has 6 rings (SSSR count). The maximum Gasteiger partial charge on any atom is 0.170 e. The summed E-state index contributed by atoms with van der Waals surface area (Å²) in [7, 11) is 0. The van der Waals surface area contributed by atoms with Crippen molar-refractivity contribution < 1.29 is 49.1 Å². The third-order valence-electron chi connectivity index (χ3n) is 12.7. The van der Waals surface area contributed by atoms with E-state index in [9.17, 15) is 39.6 Å². The molecule has 0 radical (unpaired) electrons. The molecule has 6 atom stereocenters. The van der Waals surface area contributed by atoms with E-state index in [2.05, 4.69) is 20.8 Å². The van der Waals surface area contributed by atoms with Crippen molar-refractivity contribution in [2.45, 2.75) is 118 Å². The lowest BCUT2D eigenvalue weighted by Crippen LogP contribution is -2.49. The van der Waals surface area contributed by atoms with Crippen LogP contribution in [-0.2, 0) is 12.8 Å². The average molecular weight is 705 g/mol. The summed E-state index contributed by atoms with van der Waals surface area (Å²) in [6, 6.07) is 0. The second-order valence-electron chi connectivity index (χ2n) is 17.6. The SMILES string of the molecule is CC(C)CC(=O)c1c(O)c(C=O)c(O)c2c1O[C@H]1[C@H]3[C@@H](CC[C@]4(C)Oc5c(c(O)c(C=O)c(O)c5C(=O)CC(C)C)C[C@H]4CC[C@]1(C)C2)C3(C)C. The zero-order chi connectivity index (χ0) is 37.5. The lowest BCUT2D eigenvalue weighted by molar-refractivity contribution is -0.0381. The summed E-state index contributed by atoms with van der Waals surface area (Å²) in [5.74, 6) is -2.21. The Morgan fingerprint density at radius 1 is 0.765 bits per heavy atom. The van der Waals surface area contributed by atoms with Crippen molar-refractivity contribution in [2.24, 2.45) is 40.4 Å². The van der Waals surface area contributed by atoms with E-state index in [0.717, 1.165) is 6.42 Å². The molecule has 4 N–H and O–H groups in total. The van der Waals surface area contributed by atoms with Gasteiger partial charge in [0.1, 0.15) is 57.3 Å². The van der Waals surface area contributed by atoms with Crippen molar-refractivity contribution in [1.82, 2.24) is 0 Å². The van der Waals surface area contributed by atoms with Gasteiger partial charge in [-0.05, 0) is 68.6 Å². The number of ketones is 2. The van der Waals surface area contributed by atoms with Crippen LogP contribution < -0.4 is 9.47 Å². The second-order valence-corrected chi connectivity index (χ2v) is 17.6. The highest BCUT2D eigenvalue weighted by molar-refractivity contribution is 6.06. The molecule has 0 aromatic heterocycles. The number of carbonyl (C=O) groups is 4. The molecule has 2 aromatic carbocycles. The van der Waals surface area contributed by atoms with Crippen LogP contribution in [0.4, 0.5) is 0 Å². The summed E-state index contributed by atoms with van der Waals surface area (Å²) in [5, 5.41) is 44.9. The van der Waals surface area contributed by atoms with Gasteiger partial charge in [-0.15, -0.1) is 0 Å². The molecule has 2 aromatic rings. The highest BCUT2D eigenvalue weighted by Crippen LogP contribution is 2.68. The van der Waals surface area contributed by atoms with Crippen LogP contribution in [-0.4, -0.2) is 56.3 Å². The summed E-state index contributed by atoms with van der Waals surface area (Å²) in [6.45, 7) is 16.1. The molecule has 0 bridgehead atoms. The Bertz CT molecular complexity index is 1820. The van der Waals surface area contributed by atoms with Crippen LogP contribution in [0.3, 0.4) is 0 Å². The molecule has 2 aliphatic carbocycles. The lowest BCUT2D eigenvalue weighted by atomic mass is 9.65. The minimum Gasteiger partial charge on any atom is -0.507 e. The van der Waals surface area contributed by atoms with Gasteiger partial charge in [-0.25, -0.2) is 0 Å². The van der Waals surface area contributed by atoms with Gasteiger partial charge < -0.3 is 29.9 Å². The summed E-state index contributed by atoms with van der Waals surface area (Å²) in [5.41, 5.74) is -1.63. The van der Waals surface area contributed by atoms with E-state index in [1.54, 1.807) is 0 Å². The van der Waals surface area contributed by atoms with Gasteiger partial charge >= 0.3 is 0 Å². The maximum absolute atomic E-state index is 13.6. The molecular weight excluding hydrogens is 652 g/mol. The molecule has 276 valence electrons. The molecule has 0 spiro atoms. The number of carbonyl (C=O) groups excluding carboxylic acids is 4. The van der Waals surface area contributed by atoms with Crippen LogP contribution in [0, 0.1) is 40.4 Å². The molecular formula is C41H52O10. The summed E-state index contributed by atoms with van der Waals surface area (Å²) < 4.78 is 13.7. The van der Waals surface area contributed by atoms with E-state index >= 15 is 0 Å². The topological polar surface area (TPSA) is 168 Å².